The molecule has 8 rings (SSSR count). The van der Waals surface area contributed by atoms with Crippen molar-refractivity contribution in [2.24, 2.45) is 5.92 Å². The highest BCUT2D eigenvalue weighted by Gasteiger charge is 2.36. The summed E-state index contributed by atoms with van der Waals surface area (Å²) in [5.41, 5.74) is 5.70. The summed E-state index contributed by atoms with van der Waals surface area (Å²) in [6.45, 7) is 6.46. The number of nitrogens with zero attached hydrogens (tertiary/aromatic N) is 8. The molecule has 3 atom stereocenters. The number of fused-ring (bicyclic) bond motifs is 1. The predicted octanol–water partition coefficient (Wildman–Crippen LogP) is 4.91. The van der Waals surface area contributed by atoms with Crippen LogP contribution in [0.3, 0.4) is 0 Å². The number of aromatic hydroxyl groups is 1. The Balaban J connectivity index is 1.03. The second kappa shape index (κ2) is 11.8. The number of aliphatic hydroxyl groups is 1. The van der Waals surface area contributed by atoms with E-state index < -0.39 is 12.0 Å². The molecule has 5 aromatic rings. The molecular formula is C35H38N8O4. The van der Waals surface area contributed by atoms with E-state index in [-0.39, 0.29) is 23.5 Å². The fraction of sp³-hybridized carbons (Fsp3) is 0.429. The Morgan fingerprint density at radius 1 is 0.957 bits per heavy atom. The predicted molar refractivity (Wildman–Crippen MR) is 175 cm³/mol. The highest BCUT2D eigenvalue weighted by Crippen LogP contribution is 2.44. The first-order chi connectivity index (χ1) is 22.8. The third kappa shape index (κ3) is 5.50. The van der Waals surface area contributed by atoms with Crippen molar-refractivity contribution in [2.75, 3.05) is 31.1 Å². The summed E-state index contributed by atoms with van der Waals surface area (Å²) >= 11 is 0. The van der Waals surface area contributed by atoms with E-state index in [4.69, 9.17) is 9.51 Å². The van der Waals surface area contributed by atoms with Crippen molar-refractivity contribution in [1.29, 1.82) is 0 Å². The molecule has 47 heavy (non-hydrogen) atoms. The number of para-hydroxylation sites is 1. The molecule has 12 heteroatoms. The number of carbonyl (C=O) groups is 1. The molecule has 4 aromatic heterocycles. The SMILES string of the molecule is CC(C)C(C(=O)N1CCC(O)C1)c1cc(-c2ccnc(N3CCC(c4cc5nnc(-c6ccccc6O)cc5n4C4CC4)C3)n2)no1. The van der Waals surface area contributed by atoms with Crippen LogP contribution in [0.1, 0.15) is 68.9 Å². The Kier molecular flexibility index (Phi) is 7.39. The number of rotatable bonds is 8. The van der Waals surface area contributed by atoms with Crippen LogP contribution >= 0.6 is 0 Å². The fourth-order valence-corrected chi connectivity index (χ4v) is 7.17. The maximum absolute atomic E-state index is 13.4. The lowest BCUT2D eigenvalue weighted by Gasteiger charge is -2.23. The number of phenols is 1. The van der Waals surface area contributed by atoms with Crippen molar-refractivity contribution in [3.63, 3.8) is 0 Å². The van der Waals surface area contributed by atoms with Crippen molar-refractivity contribution >= 4 is 22.9 Å². The summed E-state index contributed by atoms with van der Waals surface area (Å²) in [4.78, 5) is 26.8. The first kappa shape index (κ1) is 29.6. The molecule has 1 amide bonds. The van der Waals surface area contributed by atoms with E-state index in [0.29, 0.717) is 59.9 Å². The number of hydrogen-bond acceptors (Lipinski definition) is 10. The van der Waals surface area contributed by atoms with E-state index in [0.717, 1.165) is 43.4 Å². The lowest BCUT2D eigenvalue weighted by atomic mass is 9.91. The first-order valence-electron chi connectivity index (χ1n) is 16.5. The maximum atomic E-state index is 13.4. The average Bonchev–Trinajstić information content (AvgIpc) is 3.45. The van der Waals surface area contributed by atoms with E-state index in [2.05, 4.69) is 41.9 Å². The van der Waals surface area contributed by atoms with Gasteiger partial charge in [-0.15, -0.1) is 10.2 Å². The average molecular weight is 635 g/mol. The molecule has 3 aliphatic rings. The molecule has 1 aliphatic carbocycles. The fourth-order valence-electron chi connectivity index (χ4n) is 7.17. The second-order valence-electron chi connectivity index (χ2n) is 13.4. The Labute approximate surface area is 272 Å². The standard InChI is InChI=1S/C35H38N8O4/c1-20(2)33(34(46)41-14-11-23(44)19-41)32-17-27(40-47-32)25-9-12-36-35(37-25)42-13-10-21(18-42)29-16-28-30(43(29)22-7-8-22)15-26(38-39-28)24-5-3-4-6-31(24)45/h3-6,9,12,15-17,20-23,33,44-45H,7-8,10-11,13-14,18-19H2,1-2H3. The summed E-state index contributed by atoms with van der Waals surface area (Å²) in [5.74, 6) is 1.06. The van der Waals surface area contributed by atoms with Gasteiger partial charge in [-0.1, -0.05) is 31.1 Å². The summed E-state index contributed by atoms with van der Waals surface area (Å²) in [5, 5.41) is 33.7. The monoisotopic (exact) mass is 634 g/mol. The summed E-state index contributed by atoms with van der Waals surface area (Å²) in [6, 6.07) is 15.5. The molecular weight excluding hydrogens is 596 g/mol. The van der Waals surface area contributed by atoms with E-state index in [1.54, 1.807) is 23.2 Å². The van der Waals surface area contributed by atoms with Gasteiger partial charge in [0.2, 0.25) is 11.9 Å². The highest BCUT2D eigenvalue weighted by molar-refractivity contribution is 5.84. The van der Waals surface area contributed by atoms with Crippen LogP contribution in [0, 0.1) is 5.92 Å². The quantitative estimate of drug-likeness (QED) is 0.241. The van der Waals surface area contributed by atoms with E-state index in [1.807, 2.05) is 38.1 Å². The Bertz CT molecular complexity index is 1950. The first-order valence-corrected chi connectivity index (χ1v) is 16.5. The molecule has 0 radical (unpaired) electrons. The van der Waals surface area contributed by atoms with Crippen LogP contribution in [0.25, 0.3) is 33.7 Å². The molecule has 0 spiro atoms. The van der Waals surface area contributed by atoms with Gasteiger partial charge in [-0.3, -0.25) is 4.79 Å². The summed E-state index contributed by atoms with van der Waals surface area (Å²) < 4.78 is 8.18. The number of hydrogen-bond donors (Lipinski definition) is 2. The zero-order chi connectivity index (χ0) is 32.2. The molecule has 0 bridgehead atoms. The van der Waals surface area contributed by atoms with Crippen LogP contribution in [0.5, 0.6) is 5.75 Å². The minimum absolute atomic E-state index is 0.00201. The molecule has 2 N–H and O–H groups in total. The molecule has 12 nitrogen and oxygen atoms in total. The van der Waals surface area contributed by atoms with Crippen molar-refractivity contribution in [2.45, 2.75) is 63.5 Å². The van der Waals surface area contributed by atoms with Gasteiger partial charge in [0, 0.05) is 61.7 Å². The van der Waals surface area contributed by atoms with Gasteiger partial charge in [-0.05, 0) is 61.9 Å². The Hall–Kier alpha value is -4.84. The van der Waals surface area contributed by atoms with Crippen molar-refractivity contribution in [3.8, 4) is 28.4 Å². The van der Waals surface area contributed by atoms with Gasteiger partial charge in [-0.2, -0.15) is 0 Å². The van der Waals surface area contributed by atoms with Crippen LogP contribution in [-0.4, -0.2) is 83.2 Å². The number of aliphatic hydroxyl groups excluding tert-OH is 1. The number of anilines is 1. The molecule has 2 saturated heterocycles. The second-order valence-corrected chi connectivity index (χ2v) is 13.4. The highest BCUT2D eigenvalue weighted by atomic mass is 16.5. The van der Waals surface area contributed by atoms with E-state index in [9.17, 15) is 15.0 Å². The normalized spacial score (nSPS) is 20.5. The van der Waals surface area contributed by atoms with Crippen molar-refractivity contribution < 1.29 is 19.5 Å². The maximum Gasteiger partial charge on any atom is 0.233 e. The number of phenolic OH excluding ortho intramolecular Hbond substituents is 1. The molecule has 242 valence electrons. The minimum atomic E-state index is -0.487. The molecule has 3 fully saturated rings. The number of carbonyl (C=O) groups excluding carboxylic acids is 1. The van der Waals surface area contributed by atoms with Gasteiger partial charge in [-0.25, -0.2) is 9.97 Å². The van der Waals surface area contributed by atoms with Crippen LogP contribution in [0.4, 0.5) is 5.95 Å². The summed E-state index contributed by atoms with van der Waals surface area (Å²) in [6.07, 6.45) is 5.08. The zero-order valence-corrected chi connectivity index (χ0v) is 26.5. The number of aromatic nitrogens is 6. The molecule has 6 heterocycles. The third-order valence-electron chi connectivity index (χ3n) is 9.75. The summed E-state index contributed by atoms with van der Waals surface area (Å²) in [7, 11) is 0. The number of benzene rings is 1. The van der Waals surface area contributed by atoms with Crippen LogP contribution in [-0.2, 0) is 4.79 Å². The van der Waals surface area contributed by atoms with E-state index >= 15 is 0 Å². The van der Waals surface area contributed by atoms with Gasteiger partial charge in [0.05, 0.1) is 23.0 Å². The smallest absolute Gasteiger partial charge is 0.233 e. The number of amides is 1. The molecule has 3 unspecified atom stereocenters. The van der Waals surface area contributed by atoms with Gasteiger partial charge >= 0.3 is 0 Å². The third-order valence-corrected chi connectivity index (χ3v) is 9.75. The van der Waals surface area contributed by atoms with E-state index in [1.165, 1.54) is 5.69 Å². The van der Waals surface area contributed by atoms with Gasteiger partial charge in [0.25, 0.3) is 0 Å². The van der Waals surface area contributed by atoms with Crippen molar-refractivity contribution in [3.05, 3.63) is 66.2 Å². The van der Waals surface area contributed by atoms with Crippen LogP contribution in [0.15, 0.2) is 59.3 Å². The number of likely N-dealkylation sites (tertiary alicyclic amines) is 1. The Morgan fingerprint density at radius 2 is 1.81 bits per heavy atom. The zero-order valence-electron chi connectivity index (χ0n) is 26.5. The minimum Gasteiger partial charge on any atom is -0.507 e. The van der Waals surface area contributed by atoms with Gasteiger partial charge in [0.15, 0.2) is 0 Å². The van der Waals surface area contributed by atoms with Crippen molar-refractivity contribution in [1.82, 2.24) is 34.8 Å². The van der Waals surface area contributed by atoms with Gasteiger partial charge < -0.3 is 29.1 Å². The van der Waals surface area contributed by atoms with Crippen LogP contribution in [0.2, 0.25) is 0 Å². The van der Waals surface area contributed by atoms with Gasteiger partial charge in [0.1, 0.15) is 28.6 Å². The van der Waals surface area contributed by atoms with Crippen LogP contribution < -0.4 is 4.90 Å². The Morgan fingerprint density at radius 3 is 2.57 bits per heavy atom. The molecule has 1 saturated carbocycles. The lowest BCUT2D eigenvalue weighted by molar-refractivity contribution is -0.133. The number of β-amino-alcohol motifs (C(OH)–C–C–N with tert-alkyl or cyclic N) is 1. The molecule has 1 aromatic carbocycles. The largest absolute Gasteiger partial charge is 0.507 e. The molecule has 2 aliphatic heterocycles. The topological polar surface area (TPSA) is 147 Å². The lowest BCUT2D eigenvalue weighted by Crippen LogP contribution is -2.35.